The van der Waals surface area contributed by atoms with Crippen LogP contribution >= 0.6 is 11.6 Å². The first-order valence-electron chi connectivity index (χ1n) is 11.7. The fourth-order valence-electron chi connectivity index (χ4n) is 4.87. The molecule has 2 heterocycles. The second-order valence-electron chi connectivity index (χ2n) is 9.09. The summed E-state index contributed by atoms with van der Waals surface area (Å²) in [5.41, 5.74) is 0.284. The number of nitrogens with one attached hydrogen (secondary N) is 2. The molecule has 1 aromatic heterocycles. The zero-order valence-corrected chi connectivity index (χ0v) is 19.7. The normalized spacial score (nSPS) is 20.3. The van der Waals surface area contributed by atoms with Crippen molar-refractivity contribution in [2.45, 2.75) is 56.6 Å². The molecule has 9 heteroatoms. The van der Waals surface area contributed by atoms with Gasteiger partial charge in [-0.2, -0.15) is 0 Å². The molecule has 1 aromatic carbocycles. The summed E-state index contributed by atoms with van der Waals surface area (Å²) in [6.07, 6.45) is 6.67. The number of anilines is 1. The summed E-state index contributed by atoms with van der Waals surface area (Å²) in [6.45, 7) is 2.68. The number of rotatable bonds is 7. The number of fused-ring (bicyclic) bond motifs is 1. The summed E-state index contributed by atoms with van der Waals surface area (Å²) < 4.78 is 0. The second kappa shape index (κ2) is 11.4. The second-order valence-corrected chi connectivity index (χ2v) is 9.50. The van der Waals surface area contributed by atoms with E-state index < -0.39 is 5.60 Å². The summed E-state index contributed by atoms with van der Waals surface area (Å²) >= 11 is 6.42. The number of nitrogens with zero attached hydrogens (tertiary/aromatic N) is 2. The Hall–Kier alpha value is -1.97. The summed E-state index contributed by atoms with van der Waals surface area (Å²) in [7, 11) is 0. The molecule has 2 aliphatic rings. The van der Waals surface area contributed by atoms with E-state index in [1.165, 1.54) is 0 Å². The standard InChI is InChI=1S/C24H33ClN4O3.H2O/c25-19-6-7-20-18(5-8-21(28-20)29-13-9-17(15-29)26-12-14-30)22(19)23(31)27-16-24(32)10-3-1-2-4-11-24;/h5-8,17,26,30,32H,1-4,9-16H2,(H,27,31);1H2/t17-;/m0./s1. The van der Waals surface area contributed by atoms with E-state index in [1.807, 2.05) is 18.2 Å². The van der Waals surface area contributed by atoms with Crippen LogP contribution in [0.3, 0.4) is 0 Å². The van der Waals surface area contributed by atoms with E-state index in [1.54, 1.807) is 6.07 Å². The first-order valence-corrected chi connectivity index (χ1v) is 12.1. The van der Waals surface area contributed by atoms with Gasteiger partial charge in [-0.05, 0) is 43.5 Å². The smallest absolute Gasteiger partial charge is 0.253 e. The van der Waals surface area contributed by atoms with Gasteiger partial charge in [-0.1, -0.05) is 37.3 Å². The number of carbonyl (C=O) groups excluding carboxylic acids is 1. The van der Waals surface area contributed by atoms with Gasteiger partial charge in [0, 0.05) is 37.6 Å². The number of halogens is 1. The Labute approximate surface area is 199 Å². The predicted molar refractivity (Wildman–Crippen MR) is 131 cm³/mol. The highest BCUT2D eigenvalue weighted by Crippen LogP contribution is 2.30. The number of aliphatic hydroxyl groups is 2. The molecule has 4 rings (SSSR count). The Morgan fingerprint density at radius 1 is 1.18 bits per heavy atom. The molecule has 182 valence electrons. The molecule has 0 unspecified atom stereocenters. The average molecular weight is 479 g/mol. The minimum atomic E-state index is -0.842. The van der Waals surface area contributed by atoms with Crippen molar-refractivity contribution >= 4 is 34.2 Å². The van der Waals surface area contributed by atoms with Crippen molar-refractivity contribution in [3.8, 4) is 0 Å². The molecular weight excluding hydrogens is 444 g/mol. The van der Waals surface area contributed by atoms with Crippen molar-refractivity contribution in [1.82, 2.24) is 15.6 Å². The topological polar surface area (TPSA) is 129 Å². The van der Waals surface area contributed by atoms with Crippen LogP contribution in [0, 0.1) is 0 Å². The highest BCUT2D eigenvalue weighted by Gasteiger charge is 2.29. The van der Waals surface area contributed by atoms with Gasteiger partial charge in [-0.15, -0.1) is 0 Å². The molecule has 0 bridgehead atoms. The summed E-state index contributed by atoms with van der Waals surface area (Å²) in [5.74, 6) is 0.592. The maximum atomic E-state index is 13.1. The van der Waals surface area contributed by atoms with Gasteiger partial charge in [-0.3, -0.25) is 4.79 Å². The van der Waals surface area contributed by atoms with E-state index in [0.717, 1.165) is 56.5 Å². The minimum Gasteiger partial charge on any atom is -0.412 e. The highest BCUT2D eigenvalue weighted by molar-refractivity contribution is 6.35. The summed E-state index contributed by atoms with van der Waals surface area (Å²) in [6, 6.07) is 7.73. The van der Waals surface area contributed by atoms with E-state index in [0.29, 0.717) is 41.4 Å². The third-order valence-electron chi connectivity index (χ3n) is 6.70. The molecule has 1 atom stereocenters. The number of hydrogen-bond acceptors (Lipinski definition) is 6. The monoisotopic (exact) mass is 478 g/mol. The number of aromatic nitrogens is 1. The Morgan fingerprint density at radius 3 is 2.67 bits per heavy atom. The van der Waals surface area contributed by atoms with Crippen molar-refractivity contribution in [2.75, 3.05) is 37.7 Å². The molecule has 6 N–H and O–H groups in total. The number of carbonyl (C=O) groups is 1. The van der Waals surface area contributed by atoms with Crippen molar-refractivity contribution in [2.24, 2.45) is 0 Å². The largest absolute Gasteiger partial charge is 0.412 e. The van der Waals surface area contributed by atoms with Crippen LogP contribution in [0.4, 0.5) is 5.82 Å². The number of benzene rings is 1. The fraction of sp³-hybridized carbons (Fsp3) is 0.583. The van der Waals surface area contributed by atoms with Crippen LogP contribution in [-0.4, -0.2) is 71.0 Å². The molecule has 1 saturated carbocycles. The van der Waals surface area contributed by atoms with Crippen LogP contribution < -0.4 is 15.5 Å². The van der Waals surface area contributed by atoms with Gasteiger partial charge in [0.15, 0.2) is 0 Å². The van der Waals surface area contributed by atoms with E-state index in [-0.39, 0.29) is 24.5 Å². The fourth-order valence-corrected chi connectivity index (χ4v) is 5.12. The van der Waals surface area contributed by atoms with Gasteiger partial charge in [0.05, 0.1) is 28.3 Å². The third-order valence-corrected chi connectivity index (χ3v) is 7.02. The van der Waals surface area contributed by atoms with Gasteiger partial charge in [0.25, 0.3) is 5.91 Å². The SMILES string of the molecule is O.O=C(NCC1(O)CCCCCC1)c1c(Cl)ccc2nc(N3CC[C@H](NCCO)C3)ccc12. The lowest BCUT2D eigenvalue weighted by Gasteiger charge is -2.27. The zero-order chi connectivity index (χ0) is 22.6. The van der Waals surface area contributed by atoms with Crippen molar-refractivity contribution < 1.29 is 20.5 Å². The lowest BCUT2D eigenvalue weighted by molar-refractivity contribution is 0.0247. The molecule has 33 heavy (non-hydrogen) atoms. The van der Waals surface area contributed by atoms with Crippen LogP contribution in [0.15, 0.2) is 24.3 Å². The number of amides is 1. The van der Waals surface area contributed by atoms with Crippen molar-refractivity contribution in [3.63, 3.8) is 0 Å². The van der Waals surface area contributed by atoms with E-state index >= 15 is 0 Å². The van der Waals surface area contributed by atoms with Gasteiger partial charge < -0.3 is 31.2 Å². The first kappa shape index (κ1) is 25.6. The minimum absolute atomic E-state index is 0. The first-order chi connectivity index (χ1) is 15.5. The Kier molecular flexibility index (Phi) is 8.89. The molecular formula is C24H35ClN4O4. The molecule has 1 aliphatic heterocycles. The number of aliphatic hydroxyl groups excluding tert-OH is 1. The molecule has 1 aliphatic carbocycles. The molecule has 2 aromatic rings. The quantitative estimate of drug-likeness (QED) is 0.451. The molecule has 2 fully saturated rings. The summed E-state index contributed by atoms with van der Waals surface area (Å²) in [4.78, 5) is 20.1. The van der Waals surface area contributed by atoms with Crippen LogP contribution in [0.25, 0.3) is 10.9 Å². The van der Waals surface area contributed by atoms with Crippen molar-refractivity contribution in [3.05, 3.63) is 34.9 Å². The zero-order valence-electron chi connectivity index (χ0n) is 18.9. The molecule has 0 radical (unpaired) electrons. The molecule has 1 saturated heterocycles. The maximum absolute atomic E-state index is 13.1. The Bertz CT molecular complexity index is 949. The molecule has 0 spiro atoms. The van der Waals surface area contributed by atoms with Crippen LogP contribution in [-0.2, 0) is 0 Å². The lowest BCUT2D eigenvalue weighted by atomic mass is 9.94. The Balaban J connectivity index is 0.00000306. The third kappa shape index (κ3) is 6.13. The molecule has 1 amide bonds. The predicted octanol–water partition coefficient (Wildman–Crippen LogP) is 2.04. The number of pyridine rings is 1. The summed E-state index contributed by atoms with van der Waals surface area (Å²) in [5, 5.41) is 27.2. The average Bonchev–Trinajstić information content (AvgIpc) is 3.16. The van der Waals surface area contributed by atoms with Gasteiger partial charge in [0.1, 0.15) is 5.82 Å². The highest BCUT2D eigenvalue weighted by atomic mass is 35.5. The van der Waals surface area contributed by atoms with Crippen molar-refractivity contribution in [1.29, 1.82) is 0 Å². The van der Waals surface area contributed by atoms with E-state index in [9.17, 15) is 9.90 Å². The van der Waals surface area contributed by atoms with Crippen LogP contribution in [0.5, 0.6) is 0 Å². The van der Waals surface area contributed by atoms with E-state index in [4.69, 9.17) is 21.7 Å². The lowest BCUT2D eigenvalue weighted by Crippen LogP contribution is -2.42. The van der Waals surface area contributed by atoms with Gasteiger partial charge in [-0.25, -0.2) is 4.98 Å². The maximum Gasteiger partial charge on any atom is 0.253 e. The number of hydrogen-bond donors (Lipinski definition) is 4. The Morgan fingerprint density at radius 2 is 1.94 bits per heavy atom. The molecule has 8 nitrogen and oxygen atoms in total. The van der Waals surface area contributed by atoms with Gasteiger partial charge >= 0.3 is 0 Å². The van der Waals surface area contributed by atoms with Crippen LogP contribution in [0.1, 0.15) is 55.3 Å². The van der Waals surface area contributed by atoms with Gasteiger partial charge in [0.2, 0.25) is 0 Å². The van der Waals surface area contributed by atoms with E-state index in [2.05, 4.69) is 15.5 Å². The van der Waals surface area contributed by atoms with Crippen LogP contribution in [0.2, 0.25) is 5.02 Å².